The largest absolute Gasteiger partial charge is 0.756 e. The topological polar surface area (TPSA) is 185 Å². The van der Waals surface area contributed by atoms with Crippen LogP contribution in [0.15, 0.2) is 12.2 Å². The Balaban J connectivity index is 4.55. The number of carbonyl (C=O) groups excluding carboxylic acids is 3. The van der Waals surface area contributed by atoms with Gasteiger partial charge in [-0.15, -0.1) is 0 Å². The van der Waals surface area contributed by atoms with Crippen LogP contribution >= 0.6 is 7.82 Å². The highest BCUT2D eigenvalue weighted by atomic mass is 31.2. The molecule has 4 atom stereocenters. The molecule has 0 aromatic heterocycles. The van der Waals surface area contributed by atoms with E-state index in [1.54, 1.807) is 0 Å². The van der Waals surface area contributed by atoms with Crippen molar-refractivity contribution in [1.29, 1.82) is 0 Å². The van der Waals surface area contributed by atoms with Crippen molar-refractivity contribution in [2.45, 2.75) is 219 Å². The van der Waals surface area contributed by atoms with Gasteiger partial charge in [0.1, 0.15) is 19.3 Å². The van der Waals surface area contributed by atoms with E-state index in [1.807, 2.05) is 0 Å². The first-order valence-corrected chi connectivity index (χ1v) is 23.7. The van der Waals surface area contributed by atoms with Crippen LogP contribution in [0.2, 0.25) is 0 Å². The zero-order chi connectivity index (χ0) is 41.5. The lowest BCUT2D eigenvalue weighted by molar-refractivity contribution is -0.403. The van der Waals surface area contributed by atoms with Crippen molar-refractivity contribution < 1.29 is 57.9 Å². The van der Waals surface area contributed by atoms with Crippen LogP contribution in [0.1, 0.15) is 201 Å². The third-order valence-corrected chi connectivity index (χ3v) is 10.5. The molecule has 0 saturated carbocycles. The molecule has 4 N–H and O–H groups in total. The maximum atomic E-state index is 12.7. The molecular formula is C43H82NO11P. The van der Waals surface area contributed by atoms with E-state index in [0.29, 0.717) is 12.8 Å². The van der Waals surface area contributed by atoms with E-state index in [-0.39, 0.29) is 19.4 Å². The first kappa shape index (κ1) is 54.2. The third-order valence-electron chi connectivity index (χ3n) is 9.52. The summed E-state index contributed by atoms with van der Waals surface area (Å²) in [5, 5.41) is 9.94. The molecule has 0 aliphatic heterocycles. The van der Waals surface area contributed by atoms with Crippen molar-refractivity contribution in [3.63, 3.8) is 0 Å². The van der Waals surface area contributed by atoms with Gasteiger partial charge in [0.15, 0.2) is 12.1 Å². The van der Waals surface area contributed by atoms with Gasteiger partial charge >= 0.3 is 17.9 Å². The van der Waals surface area contributed by atoms with Crippen LogP contribution in [0, 0.1) is 0 Å². The summed E-state index contributed by atoms with van der Waals surface area (Å²) in [5.74, 6) is -1.64. The van der Waals surface area contributed by atoms with E-state index in [0.717, 1.165) is 51.4 Å². The fourth-order valence-corrected chi connectivity index (χ4v) is 6.78. The van der Waals surface area contributed by atoms with Gasteiger partial charge in [-0.05, 0) is 45.4 Å². The van der Waals surface area contributed by atoms with Gasteiger partial charge in [0.2, 0.25) is 0 Å². The molecule has 0 heterocycles. The van der Waals surface area contributed by atoms with Crippen LogP contribution in [0.3, 0.4) is 0 Å². The second-order valence-electron chi connectivity index (χ2n) is 15.3. The van der Waals surface area contributed by atoms with Crippen LogP contribution < -0.4 is 10.6 Å². The smallest absolute Gasteiger partial charge is 0.364 e. The molecule has 13 heteroatoms. The number of unbranched alkanes of at least 4 members (excludes halogenated alkanes) is 23. The van der Waals surface area contributed by atoms with Crippen molar-refractivity contribution in [3.8, 4) is 0 Å². The lowest BCUT2D eigenvalue weighted by atomic mass is 10.0. The summed E-state index contributed by atoms with van der Waals surface area (Å²) in [6, 6.07) is -0.655. The van der Waals surface area contributed by atoms with Crippen molar-refractivity contribution in [3.05, 3.63) is 12.2 Å². The summed E-state index contributed by atoms with van der Waals surface area (Å²) >= 11 is 0. The lowest BCUT2D eigenvalue weighted by Gasteiger charge is -2.26. The number of rotatable bonds is 41. The number of hydrogen-bond acceptors (Lipinski definition) is 11. The number of phosphoric ester groups is 1. The number of aliphatic hydroxyl groups excluding tert-OH is 1. The Morgan fingerprint density at radius 1 is 0.589 bits per heavy atom. The fourth-order valence-electron chi connectivity index (χ4n) is 6.00. The van der Waals surface area contributed by atoms with E-state index in [1.165, 1.54) is 110 Å². The number of hydrogen-bond donors (Lipinski definition) is 2. The van der Waals surface area contributed by atoms with Crippen molar-refractivity contribution in [2.75, 3.05) is 26.4 Å². The van der Waals surface area contributed by atoms with Gasteiger partial charge in [0, 0.05) is 12.8 Å². The van der Waals surface area contributed by atoms with Gasteiger partial charge in [-0.3, -0.25) is 14.2 Å². The molecule has 0 radical (unpaired) electrons. The second-order valence-corrected chi connectivity index (χ2v) is 16.8. The SMILES string of the molecule is CCCCCC/C=C\CCCCCCCCCC(=O)OC(COC(=O)CCCCCCCCCCCCCCC)COP(=O)([O-])OCC(O)COC(=O)C(C)[NH3+]. The summed E-state index contributed by atoms with van der Waals surface area (Å²) in [5.41, 5.74) is 3.51. The normalized spacial score (nSPS) is 14.3. The molecule has 0 aliphatic rings. The van der Waals surface area contributed by atoms with Gasteiger partial charge in [-0.1, -0.05) is 154 Å². The number of quaternary nitrogens is 1. The molecule has 0 aromatic carbocycles. The maximum Gasteiger partial charge on any atom is 0.364 e. The average Bonchev–Trinajstić information content (AvgIpc) is 3.17. The molecule has 0 saturated heterocycles. The van der Waals surface area contributed by atoms with Gasteiger partial charge in [0.05, 0.1) is 13.2 Å². The molecule has 0 rings (SSSR count). The highest BCUT2D eigenvalue weighted by Gasteiger charge is 2.22. The second kappa shape index (κ2) is 38.7. The molecule has 0 spiro atoms. The van der Waals surface area contributed by atoms with Crippen LogP contribution in [0.5, 0.6) is 0 Å². The highest BCUT2D eigenvalue weighted by molar-refractivity contribution is 7.45. The fraction of sp³-hybridized carbons (Fsp3) is 0.884. The summed E-state index contributed by atoms with van der Waals surface area (Å²) < 4.78 is 37.7. The molecule has 4 unspecified atom stereocenters. The third kappa shape index (κ3) is 37.7. The zero-order valence-electron chi connectivity index (χ0n) is 35.7. The van der Waals surface area contributed by atoms with E-state index < -0.39 is 63.8 Å². The van der Waals surface area contributed by atoms with Crippen LogP contribution in [0.4, 0.5) is 0 Å². The van der Waals surface area contributed by atoms with Gasteiger partial charge < -0.3 is 39.0 Å². The number of ether oxygens (including phenoxy) is 3. The standard InChI is InChI=1S/C43H82NO11P/c1-4-6-8-10-12-14-16-18-19-21-23-25-27-29-31-33-42(47)55-40(37-54-56(49,50)53-35-39(45)34-52-43(48)38(3)44)36-51-41(46)32-30-28-26-24-22-20-17-15-13-11-9-7-5-2/h14,16,38-40,45H,4-13,15,17-37,44H2,1-3H3,(H,49,50)/b16-14-. The Morgan fingerprint density at radius 2 is 1.00 bits per heavy atom. The molecular weight excluding hydrogens is 737 g/mol. The van der Waals surface area contributed by atoms with Crippen molar-refractivity contribution >= 4 is 25.7 Å². The predicted octanol–water partition coefficient (Wildman–Crippen LogP) is 9.00. The first-order chi connectivity index (χ1) is 27.0. The maximum absolute atomic E-state index is 12.7. The summed E-state index contributed by atoms with van der Waals surface area (Å²) in [6.07, 6.45) is 32.5. The molecule has 330 valence electrons. The van der Waals surface area contributed by atoms with E-state index in [4.69, 9.17) is 23.3 Å². The monoisotopic (exact) mass is 820 g/mol. The molecule has 0 bridgehead atoms. The zero-order valence-corrected chi connectivity index (χ0v) is 36.6. The van der Waals surface area contributed by atoms with Gasteiger partial charge in [-0.2, -0.15) is 0 Å². The Hall–Kier alpha value is -1.82. The Bertz CT molecular complexity index is 1030. The number of aliphatic hydroxyl groups is 1. The Kier molecular flexibility index (Phi) is 37.4. The number of allylic oxidation sites excluding steroid dienone is 2. The van der Waals surface area contributed by atoms with Gasteiger partial charge in [-0.25, -0.2) is 4.79 Å². The summed E-state index contributed by atoms with van der Waals surface area (Å²) in [4.78, 5) is 49.1. The van der Waals surface area contributed by atoms with Crippen molar-refractivity contribution in [1.82, 2.24) is 0 Å². The first-order valence-electron chi connectivity index (χ1n) is 22.3. The van der Waals surface area contributed by atoms with Crippen LogP contribution in [-0.4, -0.2) is 67.7 Å². The average molecular weight is 820 g/mol. The molecule has 0 aliphatic carbocycles. The van der Waals surface area contributed by atoms with E-state index >= 15 is 0 Å². The minimum absolute atomic E-state index is 0.148. The Labute approximate surface area is 340 Å². The lowest BCUT2D eigenvalue weighted by Crippen LogP contribution is -2.63. The summed E-state index contributed by atoms with van der Waals surface area (Å²) in [7, 11) is -4.95. The predicted molar refractivity (Wildman–Crippen MR) is 219 cm³/mol. The quantitative estimate of drug-likeness (QED) is 0.0197. The number of esters is 3. The number of carbonyl (C=O) groups is 3. The minimum atomic E-state index is -4.95. The molecule has 0 aromatic rings. The van der Waals surface area contributed by atoms with E-state index in [2.05, 4.69) is 31.7 Å². The number of phosphoric acid groups is 1. The minimum Gasteiger partial charge on any atom is -0.756 e. The highest BCUT2D eigenvalue weighted by Crippen LogP contribution is 2.38. The van der Waals surface area contributed by atoms with Crippen molar-refractivity contribution in [2.24, 2.45) is 0 Å². The Morgan fingerprint density at radius 3 is 1.48 bits per heavy atom. The van der Waals surface area contributed by atoms with Crippen LogP contribution in [-0.2, 0) is 42.2 Å². The molecule has 56 heavy (non-hydrogen) atoms. The van der Waals surface area contributed by atoms with Gasteiger partial charge in [0.25, 0.3) is 7.82 Å². The van der Waals surface area contributed by atoms with Crippen LogP contribution in [0.25, 0.3) is 0 Å². The van der Waals surface area contributed by atoms with E-state index in [9.17, 15) is 28.9 Å². The summed E-state index contributed by atoms with van der Waals surface area (Å²) in [6.45, 7) is 3.80. The molecule has 12 nitrogen and oxygen atoms in total. The molecule has 0 fully saturated rings. The molecule has 0 amide bonds.